The Labute approximate surface area is 149 Å². The summed E-state index contributed by atoms with van der Waals surface area (Å²) >= 11 is 11.9. The Balaban J connectivity index is 1.97. The first-order valence-electron chi connectivity index (χ1n) is 7.26. The van der Waals surface area contributed by atoms with Gasteiger partial charge in [0.2, 0.25) is 11.8 Å². The molecule has 24 heavy (non-hydrogen) atoms. The lowest BCUT2D eigenvalue weighted by Gasteiger charge is -2.11. The summed E-state index contributed by atoms with van der Waals surface area (Å²) in [7, 11) is 0. The molecular weight excluding hydrogens is 351 g/mol. The van der Waals surface area contributed by atoms with Crippen molar-refractivity contribution in [3.63, 3.8) is 0 Å². The molecule has 7 heteroatoms. The van der Waals surface area contributed by atoms with Gasteiger partial charge in [0.1, 0.15) is 12.2 Å². The molecule has 0 aliphatic rings. The van der Waals surface area contributed by atoms with Crippen LogP contribution in [-0.2, 0) is 9.59 Å². The molecule has 2 rings (SSSR count). The molecule has 5 nitrogen and oxygen atoms in total. The molecule has 2 amide bonds. The summed E-state index contributed by atoms with van der Waals surface area (Å²) in [5.41, 5.74) is 0.870. The zero-order valence-electron chi connectivity index (χ0n) is 12.9. The molecule has 0 saturated heterocycles. The first-order chi connectivity index (χ1) is 11.5. The Kier molecular flexibility index (Phi) is 6.46. The van der Waals surface area contributed by atoms with Crippen molar-refractivity contribution < 1.29 is 14.3 Å². The van der Waals surface area contributed by atoms with Gasteiger partial charge in [0.15, 0.2) is 0 Å². The summed E-state index contributed by atoms with van der Waals surface area (Å²) in [6.07, 6.45) is -0.358. The third-order valence-corrected chi connectivity index (χ3v) is 3.83. The Morgan fingerprint density at radius 2 is 1.58 bits per heavy atom. The van der Waals surface area contributed by atoms with Crippen molar-refractivity contribution in [3.05, 3.63) is 52.5 Å². The maximum Gasteiger partial charge on any atom is 0.233 e. The molecule has 0 fully saturated rings. The van der Waals surface area contributed by atoms with E-state index in [4.69, 9.17) is 27.9 Å². The SMILES string of the molecule is CCOc1ccccc1NC(=O)CC(=O)Nc1cccc(Cl)c1Cl. The van der Waals surface area contributed by atoms with Crippen molar-refractivity contribution in [1.29, 1.82) is 0 Å². The van der Waals surface area contributed by atoms with Gasteiger partial charge in [-0.2, -0.15) is 0 Å². The highest BCUT2D eigenvalue weighted by atomic mass is 35.5. The van der Waals surface area contributed by atoms with E-state index in [2.05, 4.69) is 10.6 Å². The van der Waals surface area contributed by atoms with Crippen LogP contribution in [0.25, 0.3) is 0 Å². The van der Waals surface area contributed by atoms with Crippen LogP contribution in [0.4, 0.5) is 11.4 Å². The van der Waals surface area contributed by atoms with Gasteiger partial charge in [-0.15, -0.1) is 0 Å². The van der Waals surface area contributed by atoms with Crippen molar-refractivity contribution in [2.24, 2.45) is 0 Å². The number of halogens is 2. The van der Waals surface area contributed by atoms with Crippen LogP contribution >= 0.6 is 23.2 Å². The molecule has 2 aromatic rings. The Bertz CT molecular complexity index is 750. The third-order valence-electron chi connectivity index (χ3n) is 3.01. The number of para-hydroxylation sites is 2. The second-order valence-electron chi connectivity index (χ2n) is 4.80. The second-order valence-corrected chi connectivity index (χ2v) is 5.59. The number of amides is 2. The smallest absolute Gasteiger partial charge is 0.233 e. The van der Waals surface area contributed by atoms with Crippen LogP contribution in [0.2, 0.25) is 10.0 Å². The van der Waals surface area contributed by atoms with Gasteiger partial charge in [-0.3, -0.25) is 9.59 Å². The van der Waals surface area contributed by atoms with E-state index in [1.54, 1.807) is 42.5 Å². The normalized spacial score (nSPS) is 10.1. The molecule has 0 aromatic heterocycles. The van der Waals surface area contributed by atoms with Crippen LogP contribution in [-0.4, -0.2) is 18.4 Å². The first-order valence-corrected chi connectivity index (χ1v) is 8.02. The van der Waals surface area contributed by atoms with Gasteiger partial charge in [-0.25, -0.2) is 0 Å². The van der Waals surface area contributed by atoms with E-state index in [9.17, 15) is 9.59 Å². The van der Waals surface area contributed by atoms with Crippen LogP contribution < -0.4 is 15.4 Å². The Morgan fingerprint density at radius 3 is 2.29 bits per heavy atom. The topological polar surface area (TPSA) is 67.4 Å². The molecular formula is C17H16Cl2N2O3. The largest absolute Gasteiger partial charge is 0.492 e. The van der Waals surface area contributed by atoms with Gasteiger partial charge >= 0.3 is 0 Å². The lowest BCUT2D eigenvalue weighted by atomic mass is 10.2. The maximum absolute atomic E-state index is 12.0. The number of hydrogen-bond donors (Lipinski definition) is 2. The van der Waals surface area contributed by atoms with Crippen LogP contribution in [0, 0.1) is 0 Å². The number of carbonyl (C=O) groups excluding carboxylic acids is 2. The number of anilines is 2. The minimum absolute atomic E-state index is 0.231. The minimum atomic E-state index is -0.495. The van der Waals surface area contributed by atoms with Crippen LogP contribution in [0.15, 0.2) is 42.5 Å². The molecule has 0 radical (unpaired) electrons. The second kappa shape index (κ2) is 8.57. The summed E-state index contributed by atoms with van der Waals surface area (Å²) in [6.45, 7) is 2.32. The van der Waals surface area contributed by atoms with Crippen molar-refractivity contribution in [2.75, 3.05) is 17.2 Å². The lowest BCUT2D eigenvalue weighted by molar-refractivity contribution is -0.123. The number of hydrogen-bond acceptors (Lipinski definition) is 3. The molecule has 0 bridgehead atoms. The van der Waals surface area contributed by atoms with E-state index < -0.39 is 11.8 Å². The zero-order chi connectivity index (χ0) is 17.5. The average Bonchev–Trinajstić information content (AvgIpc) is 2.54. The lowest BCUT2D eigenvalue weighted by Crippen LogP contribution is -2.21. The zero-order valence-corrected chi connectivity index (χ0v) is 14.4. The van der Waals surface area contributed by atoms with Crippen LogP contribution in [0.3, 0.4) is 0 Å². The first kappa shape index (κ1) is 18.1. The number of rotatable bonds is 6. The minimum Gasteiger partial charge on any atom is -0.492 e. The van der Waals surface area contributed by atoms with Gasteiger partial charge < -0.3 is 15.4 Å². The molecule has 0 atom stereocenters. The quantitative estimate of drug-likeness (QED) is 0.746. The van der Waals surface area contributed by atoms with Crippen molar-refractivity contribution >= 4 is 46.4 Å². The van der Waals surface area contributed by atoms with Gasteiger partial charge in [0, 0.05) is 0 Å². The summed E-state index contributed by atoms with van der Waals surface area (Å²) in [5.74, 6) is -0.407. The predicted octanol–water partition coefficient (Wildman–Crippen LogP) is 4.36. The van der Waals surface area contributed by atoms with E-state index in [1.165, 1.54) is 0 Å². The summed E-state index contributed by atoms with van der Waals surface area (Å²) in [4.78, 5) is 24.0. The number of benzene rings is 2. The van der Waals surface area contributed by atoms with Crippen LogP contribution in [0.1, 0.15) is 13.3 Å². The fraction of sp³-hybridized carbons (Fsp3) is 0.176. The monoisotopic (exact) mass is 366 g/mol. The molecule has 2 aromatic carbocycles. The van der Waals surface area contributed by atoms with Gasteiger partial charge in [0.25, 0.3) is 0 Å². The fourth-order valence-electron chi connectivity index (χ4n) is 1.99. The van der Waals surface area contributed by atoms with E-state index in [0.29, 0.717) is 28.8 Å². The van der Waals surface area contributed by atoms with E-state index in [0.717, 1.165) is 0 Å². The molecule has 0 aliphatic carbocycles. The van der Waals surface area contributed by atoms with Crippen molar-refractivity contribution in [2.45, 2.75) is 13.3 Å². The molecule has 2 N–H and O–H groups in total. The van der Waals surface area contributed by atoms with Gasteiger partial charge in [-0.05, 0) is 31.2 Å². The summed E-state index contributed by atoms with van der Waals surface area (Å²) < 4.78 is 5.42. The predicted molar refractivity (Wildman–Crippen MR) is 95.9 cm³/mol. The molecule has 0 saturated carbocycles. The highest BCUT2D eigenvalue weighted by Gasteiger charge is 2.14. The average molecular weight is 367 g/mol. The summed E-state index contributed by atoms with van der Waals surface area (Å²) in [5, 5.41) is 5.77. The standard InChI is InChI=1S/C17H16Cl2N2O3/c1-2-24-14-9-4-3-7-12(14)20-15(22)10-16(23)21-13-8-5-6-11(18)17(13)19/h3-9H,2,10H2,1H3,(H,20,22)(H,21,23). The Morgan fingerprint density at radius 1 is 0.958 bits per heavy atom. The van der Waals surface area contributed by atoms with Crippen molar-refractivity contribution in [3.8, 4) is 5.75 Å². The van der Waals surface area contributed by atoms with E-state index in [1.807, 2.05) is 6.92 Å². The Hall–Kier alpha value is -2.24. The van der Waals surface area contributed by atoms with E-state index in [-0.39, 0.29) is 11.4 Å². The summed E-state index contributed by atoms with van der Waals surface area (Å²) in [6, 6.07) is 11.9. The third kappa shape index (κ3) is 4.88. The highest BCUT2D eigenvalue weighted by molar-refractivity contribution is 6.44. The molecule has 0 aliphatic heterocycles. The van der Waals surface area contributed by atoms with Gasteiger partial charge in [-0.1, -0.05) is 41.4 Å². The van der Waals surface area contributed by atoms with Crippen molar-refractivity contribution in [1.82, 2.24) is 0 Å². The molecule has 0 unspecified atom stereocenters. The maximum atomic E-state index is 12.0. The number of ether oxygens (including phenoxy) is 1. The van der Waals surface area contributed by atoms with E-state index >= 15 is 0 Å². The fourth-order valence-corrected chi connectivity index (χ4v) is 2.33. The number of carbonyl (C=O) groups is 2. The molecule has 0 heterocycles. The highest BCUT2D eigenvalue weighted by Crippen LogP contribution is 2.29. The molecule has 126 valence electrons. The van der Waals surface area contributed by atoms with Crippen LogP contribution in [0.5, 0.6) is 5.75 Å². The number of nitrogens with one attached hydrogen (secondary N) is 2. The molecule has 0 spiro atoms. The van der Waals surface area contributed by atoms with Gasteiger partial charge in [0.05, 0.1) is 28.0 Å².